The molecule has 0 saturated carbocycles. The Hall–Kier alpha value is -3.67. The Bertz CT molecular complexity index is 1050. The lowest BCUT2D eigenvalue weighted by Crippen LogP contribution is -2.51. The van der Waals surface area contributed by atoms with E-state index in [1.54, 1.807) is 18.2 Å². The van der Waals surface area contributed by atoms with Gasteiger partial charge < -0.3 is 15.0 Å². The predicted octanol–water partition coefficient (Wildman–Crippen LogP) is 4.29. The molecule has 1 N–H and O–H groups in total. The highest BCUT2D eigenvalue weighted by Gasteiger charge is 2.30. The number of benzene rings is 3. The largest absolute Gasteiger partial charge is 0.484 e. The second kappa shape index (κ2) is 11.8. The molecule has 0 fully saturated rings. The van der Waals surface area contributed by atoms with Crippen LogP contribution in [0.25, 0.3) is 0 Å². The Kier molecular flexibility index (Phi) is 8.58. The molecule has 2 amide bonds. The molecule has 6 heteroatoms. The third-order valence-corrected chi connectivity index (χ3v) is 5.24. The molecule has 5 nitrogen and oxygen atoms in total. The van der Waals surface area contributed by atoms with Crippen molar-refractivity contribution in [1.29, 1.82) is 0 Å². The molecule has 3 rings (SSSR count). The highest BCUT2D eigenvalue weighted by Crippen LogP contribution is 2.17. The van der Waals surface area contributed by atoms with Crippen molar-refractivity contribution in [2.75, 3.05) is 13.2 Å². The molecule has 0 aliphatic heterocycles. The minimum absolute atomic E-state index is 0.158. The summed E-state index contributed by atoms with van der Waals surface area (Å²) in [5, 5.41) is 2.84. The summed E-state index contributed by atoms with van der Waals surface area (Å²) in [5.74, 6) is -0.341. The first-order valence-electron chi connectivity index (χ1n) is 11.0. The van der Waals surface area contributed by atoms with E-state index in [4.69, 9.17) is 4.74 Å². The van der Waals surface area contributed by atoms with E-state index in [0.717, 1.165) is 16.7 Å². The van der Waals surface area contributed by atoms with Gasteiger partial charge in [-0.2, -0.15) is 0 Å². The van der Waals surface area contributed by atoms with Gasteiger partial charge in [-0.1, -0.05) is 54.6 Å². The van der Waals surface area contributed by atoms with E-state index in [1.807, 2.05) is 62.4 Å². The maximum Gasteiger partial charge on any atom is 0.261 e. The maximum atomic E-state index is 13.4. The number of rotatable bonds is 10. The van der Waals surface area contributed by atoms with E-state index < -0.39 is 6.04 Å². The number of nitrogens with one attached hydrogen (secondary N) is 1. The van der Waals surface area contributed by atoms with Gasteiger partial charge in [0.2, 0.25) is 5.91 Å². The van der Waals surface area contributed by atoms with Crippen molar-refractivity contribution in [2.45, 2.75) is 32.9 Å². The second-order valence-electron chi connectivity index (χ2n) is 7.85. The van der Waals surface area contributed by atoms with Gasteiger partial charge in [-0.3, -0.25) is 9.59 Å². The van der Waals surface area contributed by atoms with Crippen molar-refractivity contribution >= 4 is 11.8 Å². The Morgan fingerprint density at radius 3 is 2.36 bits per heavy atom. The van der Waals surface area contributed by atoms with Gasteiger partial charge in [0, 0.05) is 19.5 Å². The summed E-state index contributed by atoms with van der Waals surface area (Å²) in [7, 11) is 0. The van der Waals surface area contributed by atoms with Crippen LogP contribution >= 0.6 is 0 Å². The second-order valence-corrected chi connectivity index (χ2v) is 7.85. The summed E-state index contributed by atoms with van der Waals surface area (Å²) in [4.78, 5) is 27.9. The molecular formula is C27H29FN2O3. The van der Waals surface area contributed by atoms with E-state index >= 15 is 0 Å². The molecule has 0 spiro atoms. The molecule has 0 heterocycles. The van der Waals surface area contributed by atoms with Crippen LogP contribution in [0.4, 0.5) is 4.39 Å². The SMILES string of the molecule is CCNC(=O)[C@@H](Cc1ccccc1)N(Cc1ccc(F)cc1)C(=O)COc1cccc(C)c1. The van der Waals surface area contributed by atoms with E-state index in [1.165, 1.54) is 17.0 Å². The summed E-state index contributed by atoms with van der Waals surface area (Å²) in [6.45, 7) is 4.17. The molecular weight excluding hydrogens is 419 g/mol. The smallest absolute Gasteiger partial charge is 0.261 e. The van der Waals surface area contributed by atoms with Gasteiger partial charge in [0.1, 0.15) is 17.6 Å². The fraction of sp³-hybridized carbons (Fsp3) is 0.259. The Morgan fingerprint density at radius 1 is 0.970 bits per heavy atom. The number of carbonyl (C=O) groups excluding carboxylic acids is 2. The van der Waals surface area contributed by atoms with E-state index in [9.17, 15) is 14.0 Å². The zero-order chi connectivity index (χ0) is 23.6. The molecule has 0 saturated heterocycles. The van der Waals surface area contributed by atoms with Crippen molar-refractivity contribution in [1.82, 2.24) is 10.2 Å². The van der Waals surface area contributed by atoms with E-state index in [0.29, 0.717) is 18.7 Å². The summed E-state index contributed by atoms with van der Waals surface area (Å²) in [6, 6.07) is 22.2. The third kappa shape index (κ3) is 7.17. The zero-order valence-electron chi connectivity index (χ0n) is 19.0. The Morgan fingerprint density at radius 2 is 1.70 bits per heavy atom. The Balaban J connectivity index is 1.88. The van der Waals surface area contributed by atoms with Gasteiger partial charge in [-0.05, 0) is 54.8 Å². The van der Waals surface area contributed by atoms with Gasteiger partial charge in [0.05, 0.1) is 0 Å². The van der Waals surface area contributed by atoms with Crippen LogP contribution < -0.4 is 10.1 Å². The van der Waals surface area contributed by atoms with Crippen molar-refractivity contribution in [3.05, 3.63) is 101 Å². The molecule has 0 aliphatic rings. The number of likely N-dealkylation sites (N-methyl/N-ethyl adjacent to an activating group) is 1. The highest BCUT2D eigenvalue weighted by atomic mass is 19.1. The zero-order valence-corrected chi connectivity index (χ0v) is 19.0. The number of amides is 2. The molecule has 172 valence electrons. The lowest BCUT2D eigenvalue weighted by atomic mass is 10.0. The molecule has 0 bridgehead atoms. The number of ether oxygens (including phenoxy) is 1. The normalized spacial score (nSPS) is 11.5. The van der Waals surface area contributed by atoms with Gasteiger partial charge in [-0.25, -0.2) is 4.39 Å². The van der Waals surface area contributed by atoms with Crippen LogP contribution in [-0.2, 0) is 22.6 Å². The first-order chi connectivity index (χ1) is 16.0. The number of halogens is 1. The van der Waals surface area contributed by atoms with Gasteiger partial charge in [0.15, 0.2) is 6.61 Å². The highest BCUT2D eigenvalue weighted by molar-refractivity contribution is 5.88. The van der Waals surface area contributed by atoms with E-state index in [-0.39, 0.29) is 30.8 Å². The predicted molar refractivity (Wildman–Crippen MR) is 126 cm³/mol. The lowest BCUT2D eigenvalue weighted by molar-refractivity contribution is -0.142. The monoisotopic (exact) mass is 448 g/mol. The number of aryl methyl sites for hydroxylation is 1. The minimum Gasteiger partial charge on any atom is -0.484 e. The number of carbonyl (C=O) groups is 2. The summed E-state index contributed by atoms with van der Waals surface area (Å²) in [6.07, 6.45) is 0.351. The standard InChI is InChI=1S/C27H29FN2O3/c1-3-29-27(32)25(17-21-9-5-4-6-10-21)30(18-22-12-14-23(28)15-13-22)26(31)19-33-24-11-7-8-20(2)16-24/h4-16,25H,3,17-19H2,1-2H3,(H,29,32)/t25-/m1/s1. The van der Waals surface area contributed by atoms with Crippen LogP contribution in [-0.4, -0.2) is 35.9 Å². The van der Waals surface area contributed by atoms with Crippen LogP contribution in [0.2, 0.25) is 0 Å². The molecule has 0 unspecified atom stereocenters. The number of hydrogen-bond acceptors (Lipinski definition) is 3. The maximum absolute atomic E-state index is 13.4. The van der Waals surface area contributed by atoms with Crippen molar-refractivity contribution < 1.29 is 18.7 Å². The molecule has 3 aromatic rings. The molecule has 0 aliphatic carbocycles. The Labute approximate surface area is 194 Å². The number of hydrogen-bond donors (Lipinski definition) is 1. The van der Waals surface area contributed by atoms with Gasteiger partial charge in [-0.15, -0.1) is 0 Å². The van der Waals surface area contributed by atoms with Crippen LogP contribution in [0.1, 0.15) is 23.6 Å². The third-order valence-electron chi connectivity index (χ3n) is 5.24. The molecule has 33 heavy (non-hydrogen) atoms. The average molecular weight is 449 g/mol. The summed E-state index contributed by atoms with van der Waals surface area (Å²) >= 11 is 0. The average Bonchev–Trinajstić information content (AvgIpc) is 2.82. The minimum atomic E-state index is -0.744. The number of nitrogens with zero attached hydrogens (tertiary/aromatic N) is 1. The van der Waals surface area contributed by atoms with Crippen molar-refractivity contribution in [2.24, 2.45) is 0 Å². The van der Waals surface area contributed by atoms with Crippen molar-refractivity contribution in [3.63, 3.8) is 0 Å². The van der Waals surface area contributed by atoms with Crippen LogP contribution in [0.5, 0.6) is 5.75 Å². The van der Waals surface area contributed by atoms with E-state index in [2.05, 4.69) is 5.32 Å². The van der Waals surface area contributed by atoms with Crippen molar-refractivity contribution in [3.8, 4) is 5.75 Å². The topological polar surface area (TPSA) is 58.6 Å². The first-order valence-corrected chi connectivity index (χ1v) is 11.0. The van der Waals surface area contributed by atoms with Crippen LogP contribution in [0.3, 0.4) is 0 Å². The van der Waals surface area contributed by atoms with Crippen LogP contribution in [0.15, 0.2) is 78.9 Å². The first kappa shape index (κ1) is 24.0. The molecule has 1 atom stereocenters. The van der Waals surface area contributed by atoms with Gasteiger partial charge in [0.25, 0.3) is 5.91 Å². The lowest BCUT2D eigenvalue weighted by Gasteiger charge is -2.31. The molecule has 0 radical (unpaired) electrons. The van der Waals surface area contributed by atoms with Crippen LogP contribution in [0, 0.1) is 12.7 Å². The molecule has 0 aromatic heterocycles. The summed E-state index contributed by atoms with van der Waals surface area (Å²) in [5.41, 5.74) is 2.68. The quantitative estimate of drug-likeness (QED) is 0.503. The summed E-state index contributed by atoms with van der Waals surface area (Å²) < 4.78 is 19.2. The fourth-order valence-electron chi connectivity index (χ4n) is 3.57. The molecule has 3 aromatic carbocycles. The fourth-order valence-corrected chi connectivity index (χ4v) is 3.57. The van der Waals surface area contributed by atoms with Gasteiger partial charge >= 0.3 is 0 Å².